The summed E-state index contributed by atoms with van der Waals surface area (Å²) in [5, 5.41) is 0. The molecule has 0 radical (unpaired) electrons. The van der Waals surface area contributed by atoms with Gasteiger partial charge in [0.25, 0.3) is 0 Å². The zero-order valence-electron chi connectivity index (χ0n) is 9.74. The number of benzene rings is 1. The van der Waals surface area contributed by atoms with Crippen LogP contribution in [0.2, 0.25) is 0 Å². The monoisotopic (exact) mass is 254 g/mol. The van der Waals surface area contributed by atoms with E-state index in [1.54, 1.807) is 31.2 Å². The highest BCUT2D eigenvalue weighted by Gasteiger charge is 2.10. The van der Waals surface area contributed by atoms with E-state index in [-0.39, 0.29) is 5.78 Å². The van der Waals surface area contributed by atoms with Gasteiger partial charge >= 0.3 is 5.97 Å². The summed E-state index contributed by atoms with van der Waals surface area (Å²) in [4.78, 5) is 23.2. The molecule has 1 aromatic rings. The molecule has 0 atom stereocenters. The van der Waals surface area contributed by atoms with E-state index < -0.39 is 5.97 Å². The predicted octanol–water partition coefficient (Wildman–Crippen LogP) is 3.07. The molecule has 17 heavy (non-hydrogen) atoms. The van der Waals surface area contributed by atoms with Crippen LogP contribution in [0.15, 0.2) is 24.3 Å². The Morgan fingerprint density at radius 1 is 1.29 bits per heavy atom. The second kappa shape index (κ2) is 7.07. The predicted molar refractivity (Wildman–Crippen MR) is 66.7 cm³/mol. The van der Waals surface area contributed by atoms with Crippen LogP contribution in [0.4, 0.5) is 0 Å². The average molecular weight is 255 g/mol. The molecule has 0 heterocycles. The SMILES string of the molecule is CCOC(=O)c1cccc(C(=O)CCCCl)c1. The van der Waals surface area contributed by atoms with Crippen LogP contribution in [0.25, 0.3) is 0 Å². The Morgan fingerprint density at radius 2 is 2.00 bits per heavy atom. The highest BCUT2D eigenvalue weighted by atomic mass is 35.5. The van der Waals surface area contributed by atoms with E-state index in [9.17, 15) is 9.59 Å². The van der Waals surface area contributed by atoms with Crippen molar-refractivity contribution in [1.82, 2.24) is 0 Å². The van der Waals surface area contributed by atoms with Crippen LogP contribution >= 0.6 is 11.6 Å². The molecular weight excluding hydrogens is 240 g/mol. The highest BCUT2D eigenvalue weighted by molar-refractivity contribution is 6.18. The molecule has 0 unspecified atom stereocenters. The first kappa shape index (κ1) is 13.7. The Hall–Kier alpha value is -1.35. The van der Waals surface area contributed by atoms with Gasteiger partial charge < -0.3 is 4.74 Å². The number of halogens is 1. The Bertz CT molecular complexity index is 401. The molecule has 0 aliphatic rings. The van der Waals surface area contributed by atoms with Gasteiger partial charge in [0.1, 0.15) is 0 Å². The van der Waals surface area contributed by atoms with Crippen LogP contribution in [-0.4, -0.2) is 24.2 Å². The number of carbonyl (C=O) groups is 2. The summed E-state index contributed by atoms with van der Waals surface area (Å²) >= 11 is 5.53. The molecule has 1 rings (SSSR count). The minimum atomic E-state index is -0.403. The smallest absolute Gasteiger partial charge is 0.338 e. The molecule has 0 spiro atoms. The fraction of sp³-hybridized carbons (Fsp3) is 0.385. The number of esters is 1. The molecule has 4 heteroatoms. The third kappa shape index (κ3) is 4.19. The number of ether oxygens (including phenoxy) is 1. The number of hydrogen-bond donors (Lipinski definition) is 0. The third-order valence-electron chi connectivity index (χ3n) is 2.23. The molecule has 0 saturated heterocycles. The van der Waals surface area contributed by atoms with Crippen LogP contribution in [0, 0.1) is 0 Å². The van der Waals surface area contributed by atoms with Crippen molar-refractivity contribution in [3.05, 3.63) is 35.4 Å². The lowest BCUT2D eigenvalue weighted by molar-refractivity contribution is 0.0526. The number of Topliss-reactive ketones (excluding diaryl/α,β-unsaturated/α-hetero) is 1. The Labute approximate surface area is 106 Å². The van der Waals surface area contributed by atoms with Gasteiger partial charge in [-0.25, -0.2) is 4.79 Å². The van der Waals surface area contributed by atoms with Crippen molar-refractivity contribution < 1.29 is 14.3 Å². The number of hydrogen-bond acceptors (Lipinski definition) is 3. The van der Waals surface area contributed by atoms with E-state index in [1.807, 2.05) is 0 Å². The fourth-order valence-corrected chi connectivity index (χ4v) is 1.54. The normalized spacial score (nSPS) is 10.0. The minimum absolute atomic E-state index is 0.00296. The Kier molecular flexibility index (Phi) is 5.70. The number of ketones is 1. The van der Waals surface area contributed by atoms with Gasteiger partial charge in [0.2, 0.25) is 0 Å². The molecule has 0 aromatic heterocycles. The van der Waals surface area contributed by atoms with Crippen LogP contribution in [0.1, 0.15) is 40.5 Å². The fourth-order valence-electron chi connectivity index (χ4n) is 1.41. The summed E-state index contributed by atoms with van der Waals surface area (Å²) in [7, 11) is 0. The van der Waals surface area contributed by atoms with Crippen molar-refractivity contribution >= 4 is 23.4 Å². The topological polar surface area (TPSA) is 43.4 Å². The van der Waals surface area contributed by atoms with E-state index in [4.69, 9.17) is 16.3 Å². The molecule has 0 aliphatic carbocycles. The third-order valence-corrected chi connectivity index (χ3v) is 2.50. The van der Waals surface area contributed by atoms with Gasteiger partial charge in [0.15, 0.2) is 5.78 Å². The summed E-state index contributed by atoms with van der Waals surface area (Å²) in [6, 6.07) is 6.57. The molecule has 1 aromatic carbocycles. The Balaban J connectivity index is 2.78. The van der Waals surface area contributed by atoms with Gasteiger partial charge in [0.05, 0.1) is 12.2 Å². The van der Waals surface area contributed by atoms with Gasteiger partial charge in [-0.05, 0) is 25.5 Å². The summed E-state index contributed by atoms with van der Waals surface area (Å²) in [6.07, 6.45) is 1.04. The standard InChI is InChI=1S/C13H15ClO3/c1-2-17-13(16)11-6-3-5-10(9-11)12(15)7-4-8-14/h3,5-6,9H,2,4,7-8H2,1H3. The molecule has 0 amide bonds. The van der Waals surface area contributed by atoms with Crippen molar-refractivity contribution in [1.29, 1.82) is 0 Å². The maximum Gasteiger partial charge on any atom is 0.338 e. The minimum Gasteiger partial charge on any atom is -0.462 e. The van der Waals surface area contributed by atoms with Gasteiger partial charge in [-0.1, -0.05) is 12.1 Å². The van der Waals surface area contributed by atoms with Gasteiger partial charge in [-0.2, -0.15) is 0 Å². The van der Waals surface area contributed by atoms with Crippen molar-refractivity contribution in [2.75, 3.05) is 12.5 Å². The summed E-state index contributed by atoms with van der Waals surface area (Å²) in [6.45, 7) is 2.07. The first-order valence-electron chi connectivity index (χ1n) is 5.55. The van der Waals surface area contributed by atoms with E-state index in [1.165, 1.54) is 0 Å². The molecule has 92 valence electrons. The second-order valence-corrected chi connectivity index (χ2v) is 3.89. The summed E-state index contributed by atoms with van der Waals surface area (Å²) in [5.74, 6) is 0.0554. The number of alkyl halides is 1. The van der Waals surface area contributed by atoms with Crippen LogP contribution < -0.4 is 0 Å². The zero-order valence-corrected chi connectivity index (χ0v) is 10.5. The molecule has 0 aliphatic heterocycles. The Morgan fingerprint density at radius 3 is 2.65 bits per heavy atom. The maximum absolute atomic E-state index is 11.7. The molecule has 0 bridgehead atoms. The first-order valence-corrected chi connectivity index (χ1v) is 6.08. The van der Waals surface area contributed by atoms with Crippen LogP contribution in [-0.2, 0) is 4.74 Å². The maximum atomic E-state index is 11.7. The molecule has 3 nitrogen and oxygen atoms in total. The van der Waals surface area contributed by atoms with Gasteiger partial charge in [-0.3, -0.25) is 4.79 Å². The van der Waals surface area contributed by atoms with E-state index in [2.05, 4.69) is 0 Å². The van der Waals surface area contributed by atoms with Crippen molar-refractivity contribution in [3.8, 4) is 0 Å². The van der Waals surface area contributed by atoms with E-state index in [0.717, 1.165) is 0 Å². The quantitative estimate of drug-likeness (QED) is 0.445. The lowest BCUT2D eigenvalue weighted by Crippen LogP contribution is -2.07. The van der Waals surface area contributed by atoms with E-state index in [0.29, 0.717) is 36.5 Å². The van der Waals surface area contributed by atoms with E-state index >= 15 is 0 Å². The lowest BCUT2D eigenvalue weighted by atomic mass is 10.0. The zero-order chi connectivity index (χ0) is 12.7. The highest BCUT2D eigenvalue weighted by Crippen LogP contribution is 2.10. The first-order chi connectivity index (χ1) is 8.19. The van der Waals surface area contributed by atoms with Gasteiger partial charge in [0, 0.05) is 17.9 Å². The van der Waals surface area contributed by atoms with Crippen LogP contribution in [0.3, 0.4) is 0 Å². The van der Waals surface area contributed by atoms with Crippen molar-refractivity contribution in [2.24, 2.45) is 0 Å². The molecule has 0 fully saturated rings. The molecule has 0 N–H and O–H groups in total. The molecule has 0 saturated carbocycles. The van der Waals surface area contributed by atoms with Crippen molar-refractivity contribution in [2.45, 2.75) is 19.8 Å². The second-order valence-electron chi connectivity index (χ2n) is 3.52. The van der Waals surface area contributed by atoms with Crippen molar-refractivity contribution in [3.63, 3.8) is 0 Å². The average Bonchev–Trinajstić information content (AvgIpc) is 2.36. The van der Waals surface area contributed by atoms with Gasteiger partial charge in [-0.15, -0.1) is 11.6 Å². The summed E-state index contributed by atoms with van der Waals surface area (Å²) < 4.78 is 4.87. The largest absolute Gasteiger partial charge is 0.462 e. The lowest BCUT2D eigenvalue weighted by Gasteiger charge is -2.04. The summed E-state index contributed by atoms with van der Waals surface area (Å²) in [5.41, 5.74) is 0.934. The molecular formula is C13H15ClO3. The number of rotatable bonds is 6. The number of carbonyl (C=O) groups excluding carboxylic acids is 2. The van der Waals surface area contributed by atoms with Crippen LogP contribution in [0.5, 0.6) is 0 Å².